The van der Waals surface area contributed by atoms with Gasteiger partial charge in [-0.25, -0.2) is 4.98 Å². The first kappa shape index (κ1) is 25.7. The van der Waals surface area contributed by atoms with E-state index in [2.05, 4.69) is 37.2 Å². The van der Waals surface area contributed by atoms with Crippen LogP contribution in [0.15, 0.2) is 48.5 Å². The number of aliphatic hydroxyl groups is 1. The van der Waals surface area contributed by atoms with E-state index >= 15 is 0 Å². The summed E-state index contributed by atoms with van der Waals surface area (Å²) in [4.78, 5) is 21.5. The molecular weight excluding hydrogens is 508 g/mol. The predicted octanol–water partition coefficient (Wildman–Crippen LogP) is 3.51. The van der Waals surface area contributed by atoms with Gasteiger partial charge >= 0.3 is 0 Å². The topological polar surface area (TPSA) is 104 Å². The van der Waals surface area contributed by atoms with Crippen molar-refractivity contribution in [2.24, 2.45) is 0 Å². The summed E-state index contributed by atoms with van der Waals surface area (Å²) in [5, 5.41) is 24.1. The highest BCUT2D eigenvalue weighted by Gasteiger charge is 2.27. The van der Waals surface area contributed by atoms with Gasteiger partial charge in [0.25, 0.3) is 0 Å². The summed E-state index contributed by atoms with van der Waals surface area (Å²) in [5.41, 5.74) is 1.90. The first-order valence-electron chi connectivity index (χ1n) is 12.3. The normalized spacial score (nSPS) is 17.6. The maximum atomic E-state index is 12.6. The van der Waals surface area contributed by atoms with Crippen LogP contribution in [0, 0.1) is 6.92 Å². The van der Waals surface area contributed by atoms with Crippen LogP contribution < -0.4 is 10.1 Å². The number of carbonyl (C=O) groups excluding carboxylic acids is 1. The second-order valence-electron chi connectivity index (χ2n) is 9.23. The summed E-state index contributed by atoms with van der Waals surface area (Å²) < 4.78 is 6.97. The molecule has 2 aromatic carbocycles. The molecule has 0 aliphatic carbocycles. The molecule has 9 nitrogen and oxygen atoms in total. The van der Waals surface area contributed by atoms with Crippen LogP contribution in [0.1, 0.15) is 11.9 Å². The third-order valence-corrected chi connectivity index (χ3v) is 8.10. The summed E-state index contributed by atoms with van der Waals surface area (Å²) in [6.07, 6.45) is -0.610. The minimum absolute atomic E-state index is 0.0999. The number of aliphatic hydroxyl groups excluding tert-OH is 1. The number of aryl methyl sites for hydroxylation is 1. The zero-order valence-corrected chi connectivity index (χ0v) is 22.5. The van der Waals surface area contributed by atoms with Gasteiger partial charge in [0.2, 0.25) is 11.0 Å². The van der Waals surface area contributed by atoms with Gasteiger partial charge in [0, 0.05) is 43.9 Å². The number of thiazole rings is 1. The monoisotopic (exact) mass is 538 g/mol. The third-order valence-electron chi connectivity index (χ3n) is 6.26. The number of nitrogens with zero attached hydrogens (tertiary/aromatic N) is 5. The molecular formula is C26H30N6O3S2. The lowest BCUT2D eigenvalue weighted by atomic mass is 10.1. The number of β-amino-alcohol motifs (C(OH)–C–C–N with tert-alkyl or cyclic N) is 1. The molecule has 194 valence electrons. The Bertz CT molecular complexity index is 1340. The number of nitrogens with one attached hydrogen (secondary N) is 1. The van der Waals surface area contributed by atoms with Gasteiger partial charge in [0.05, 0.1) is 21.8 Å². The first-order chi connectivity index (χ1) is 17.9. The first-order valence-corrected chi connectivity index (χ1v) is 13.9. The largest absolute Gasteiger partial charge is 0.491 e. The quantitative estimate of drug-likeness (QED) is 0.334. The van der Waals surface area contributed by atoms with Crippen LogP contribution in [-0.4, -0.2) is 87.5 Å². The second-order valence-corrected chi connectivity index (χ2v) is 11.4. The highest BCUT2D eigenvalue weighted by molar-refractivity contribution is 7.18. The Balaban J connectivity index is 1.05. The summed E-state index contributed by atoms with van der Waals surface area (Å²) in [6, 6.07) is 15.8. The van der Waals surface area contributed by atoms with Crippen LogP contribution in [0.3, 0.4) is 0 Å². The Morgan fingerprint density at radius 2 is 2.03 bits per heavy atom. The summed E-state index contributed by atoms with van der Waals surface area (Å²) in [6.45, 7) is 7.40. The minimum Gasteiger partial charge on any atom is -0.491 e. The molecule has 2 N–H and O–H groups in total. The van der Waals surface area contributed by atoms with Crippen molar-refractivity contribution in [1.29, 1.82) is 0 Å². The number of amides is 1. The molecule has 2 atom stereocenters. The van der Waals surface area contributed by atoms with Crippen molar-refractivity contribution < 1.29 is 14.6 Å². The molecule has 0 radical (unpaired) electrons. The van der Waals surface area contributed by atoms with E-state index in [0.717, 1.165) is 45.4 Å². The third kappa shape index (κ3) is 6.68. The lowest BCUT2D eigenvalue weighted by Gasteiger charge is -2.40. The van der Waals surface area contributed by atoms with Crippen molar-refractivity contribution in [2.75, 3.05) is 44.6 Å². The fourth-order valence-corrected chi connectivity index (χ4v) is 6.02. The number of piperazine rings is 1. The molecule has 11 heteroatoms. The Hall–Kier alpha value is -2.96. The summed E-state index contributed by atoms with van der Waals surface area (Å²) in [7, 11) is 0. The number of rotatable bonds is 9. The van der Waals surface area contributed by atoms with E-state index in [1.807, 2.05) is 55.5 Å². The molecule has 0 saturated carbocycles. The van der Waals surface area contributed by atoms with Crippen LogP contribution in [-0.2, 0) is 4.79 Å². The van der Waals surface area contributed by atoms with Crippen molar-refractivity contribution >= 4 is 43.9 Å². The van der Waals surface area contributed by atoms with Gasteiger partial charge in [0.1, 0.15) is 23.5 Å². The van der Waals surface area contributed by atoms with E-state index in [0.29, 0.717) is 24.0 Å². The molecule has 1 aliphatic rings. The zero-order chi connectivity index (χ0) is 25.8. The second kappa shape index (κ2) is 11.6. The van der Waals surface area contributed by atoms with E-state index in [4.69, 9.17) is 4.74 Å². The maximum Gasteiger partial charge on any atom is 0.240 e. The fourth-order valence-electron chi connectivity index (χ4n) is 4.45. The van der Waals surface area contributed by atoms with Crippen molar-refractivity contribution in [3.8, 4) is 16.3 Å². The fraction of sp³-hybridized carbons (Fsp3) is 0.385. The molecule has 3 heterocycles. The standard InChI is InChI=1S/C26H30N6O3S2/c1-17-13-31(15-24(34)28-26-30-29-25(37-26)19-6-4-3-5-7-19)10-11-32(17)14-20(33)16-35-21-8-9-23-22(12-21)27-18(2)36-23/h3-9,12,17,20,33H,10-11,13-16H2,1-2H3,(H,28,30,34)/t17-,20+/m0/s1. The number of hydrogen-bond donors (Lipinski definition) is 2. The molecule has 1 amide bonds. The molecule has 0 bridgehead atoms. The van der Waals surface area contributed by atoms with Gasteiger partial charge in [-0.2, -0.15) is 0 Å². The summed E-state index contributed by atoms with van der Waals surface area (Å²) >= 11 is 3.02. The number of carbonyl (C=O) groups is 1. The number of ether oxygens (including phenoxy) is 1. The van der Waals surface area contributed by atoms with Crippen LogP contribution in [0.4, 0.5) is 5.13 Å². The van der Waals surface area contributed by atoms with Crippen molar-refractivity contribution in [3.05, 3.63) is 53.5 Å². The lowest BCUT2D eigenvalue weighted by molar-refractivity contribution is -0.118. The van der Waals surface area contributed by atoms with Gasteiger partial charge in [0.15, 0.2) is 0 Å². The predicted molar refractivity (Wildman–Crippen MR) is 147 cm³/mol. The maximum absolute atomic E-state index is 12.6. The van der Waals surface area contributed by atoms with Gasteiger partial charge in [-0.15, -0.1) is 21.5 Å². The van der Waals surface area contributed by atoms with Gasteiger partial charge in [-0.3, -0.25) is 19.9 Å². The Kier molecular flexibility index (Phi) is 8.06. The average Bonchev–Trinajstić information content (AvgIpc) is 3.50. The van der Waals surface area contributed by atoms with Crippen LogP contribution in [0.2, 0.25) is 0 Å². The number of anilines is 1. The molecule has 4 aromatic rings. The van der Waals surface area contributed by atoms with E-state index in [9.17, 15) is 9.90 Å². The van der Waals surface area contributed by atoms with E-state index in [-0.39, 0.29) is 18.6 Å². The average molecular weight is 539 g/mol. The number of hydrogen-bond acceptors (Lipinski definition) is 10. The van der Waals surface area contributed by atoms with Gasteiger partial charge in [-0.05, 0) is 26.0 Å². The molecule has 5 rings (SSSR count). The van der Waals surface area contributed by atoms with Crippen LogP contribution >= 0.6 is 22.7 Å². The van der Waals surface area contributed by atoms with Crippen molar-refractivity contribution in [2.45, 2.75) is 26.0 Å². The number of benzene rings is 2. The van der Waals surface area contributed by atoms with E-state index in [1.54, 1.807) is 11.3 Å². The number of fused-ring (bicyclic) bond motifs is 1. The van der Waals surface area contributed by atoms with Gasteiger partial charge in [-0.1, -0.05) is 41.7 Å². The molecule has 0 unspecified atom stereocenters. The van der Waals surface area contributed by atoms with Crippen molar-refractivity contribution in [3.63, 3.8) is 0 Å². The molecule has 2 aromatic heterocycles. The lowest BCUT2D eigenvalue weighted by Crippen LogP contribution is -2.55. The summed E-state index contributed by atoms with van der Waals surface area (Å²) in [5.74, 6) is 0.615. The highest BCUT2D eigenvalue weighted by atomic mass is 32.1. The Morgan fingerprint density at radius 3 is 2.84 bits per heavy atom. The molecule has 1 fully saturated rings. The Labute approximate surface area is 223 Å². The van der Waals surface area contributed by atoms with Crippen molar-refractivity contribution in [1.82, 2.24) is 25.0 Å². The SMILES string of the molecule is Cc1nc2cc(OC[C@H](O)CN3CCN(CC(=O)Nc4nnc(-c5ccccc5)s4)C[C@@H]3C)ccc2s1. The molecule has 1 aliphatic heterocycles. The van der Waals surface area contributed by atoms with Crippen LogP contribution in [0.25, 0.3) is 20.8 Å². The number of aromatic nitrogens is 3. The zero-order valence-electron chi connectivity index (χ0n) is 20.8. The molecule has 0 spiro atoms. The Morgan fingerprint density at radius 1 is 1.19 bits per heavy atom. The van der Waals surface area contributed by atoms with E-state index < -0.39 is 6.10 Å². The van der Waals surface area contributed by atoms with Gasteiger partial charge < -0.3 is 9.84 Å². The molecule has 37 heavy (non-hydrogen) atoms. The highest BCUT2D eigenvalue weighted by Crippen LogP contribution is 2.27. The smallest absolute Gasteiger partial charge is 0.240 e. The van der Waals surface area contributed by atoms with Crippen LogP contribution in [0.5, 0.6) is 5.75 Å². The minimum atomic E-state index is -0.610. The molecule has 1 saturated heterocycles. The van der Waals surface area contributed by atoms with E-state index in [1.165, 1.54) is 11.3 Å².